The first-order valence-corrected chi connectivity index (χ1v) is 7.64. The summed E-state index contributed by atoms with van der Waals surface area (Å²) in [5.41, 5.74) is 1.20. The van der Waals surface area contributed by atoms with Gasteiger partial charge in [0.25, 0.3) is 0 Å². The zero-order valence-corrected chi connectivity index (χ0v) is 13.4. The van der Waals surface area contributed by atoms with Gasteiger partial charge in [-0.25, -0.2) is 0 Å². The molecule has 1 N–H and O–H groups in total. The lowest BCUT2D eigenvalue weighted by atomic mass is 10.1. The van der Waals surface area contributed by atoms with Gasteiger partial charge in [0.2, 0.25) is 0 Å². The fraction of sp³-hybridized carbons (Fsp3) is 0.647. The zero-order chi connectivity index (χ0) is 14.8. The van der Waals surface area contributed by atoms with Crippen molar-refractivity contribution in [3.8, 4) is 5.75 Å². The molecule has 0 atom stereocenters. The monoisotopic (exact) mass is 279 g/mol. The van der Waals surface area contributed by atoms with E-state index in [2.05, 4.69) is 45.1 Å². The second-order valence-electron chi connectivity index (χ2n) is 5.63. The quantitative estimate of drug-likeness (QED) is 0.661. The molecule has 0 bridgehead atoms. The van der Waals surface area contributed by atoms with Crippen LogP contribution in [0.5, 0.6) is 5.75 Å². The van der Waals surface area contributed by atoms with Crippen LogP contribution in [0.25, 0.3) is 0 Å². The second-order valence-corrected chi connectivity index (χ2v) is 5.63. The van der Waals surface area contributed by atoms with Crippen molar-refractivity contribution in [3.63, 3.8) is 0 Å². The number of nitrogens with one attached hydrogen (secondary N) is 1. The van der Waals surface area contributed by atoms with Gasteiger partial charge < -0.3 is 14.8 Å². The molecule has 3 nitrogen and oxygen atoms in total. The molecule has 0 heterocycles. The Labute approximate surface area is 123 Å². The fourth-order valence-corrected chi connectivity index (χ4v) is 1.73. The third-order valence-corrected chi connectivity index (χ3v) is 3.35. The molecule has 0 radical (unpaired) electrons. The Bertz CT molecular complexity index is 377. The van der Waals surface area contributed by atoms with Crippen molar-refractivity contribution < 1.29 is 9.47 Å². The molecule has 0 aliphatic carbocycles. The minimum Gasteiger partial charge on any atom is -0.491 e. The highest BCUT2D eigenvalue weighted by atomic mass is 16.5. The van der Waals surface area contributed by atoms with Crippen molar-refractivity contribution in [2.75, 3.05) is 19.8 Å². The van der Waals surface area contributed by atoms with E-state index in [0.29, 0.717) is 13.2 Å². The van der Waals surface area contributed by atoms with Crippen LogP contribution in [0.2, 0.25) is 0 Å². The van der Waals surface area contributed by atoms with Crippen molar-refractivity contribution >= 4 is 0 Å². The number of benzene rings is 1. The van der Waals surface area contributed by atoms with Gasteiger partial charge in [-0.1, -0.05) is 26.0 Å². The van der Waals surface area contributed by atoms with Crippen LogP contribution in [-0.2, 0) is 11.3 Å². The first-order chi connectivity index (χ1) is 9.57. The summed E-state index contributed by atoms with van der Waals surface area (Å²) in [6.07, 6.45) is 2.16. The highest BCUT2D eigenvalue weighted by Crippen LogP contribution is 2.15. The molecule has 3 heteroatoms. The predicted molar refractivity (Wildman–Crippen MR) is 84.3 cm³/mol. The van der Waals surface area contributed by atoms with Crippen molar-refractivity contribution in [2.45, 2.75) is 52.7 Å². The molecule has 1 aromatic carbocycles. The zero-order valence-electron chi connectivity index (χ0n) is 13.4. The average molecular weight is 279 g/mol. The smallest absolute Gasteiger partial charge is 0.119 e. The van der Waals surface area contributed by atoms with Gasteiger partial charge in [0.15, 0.2) is 0 Å². The minimum atomic E-state index is -0.0602. The van der Waals surface area contributed by atoms with Gasteiger partial charge in [0, 0.05) is 6.54 Å². The molecule has 114 valence electrons. The molecule has 0 aromatic heterocycles. The summed E-state index contributed by atoms with van der Waals surface area (Å²) in [6.45, 7) is 11.7. The highest BCUT2D eigenvalue weighted by molar-refractivity contribution is 5.28. The molecule has 0 aliphatic heterocycles. The number of hydrogen-bond acceptors (Lipinski definition) is 3. The van der Waals surface area contributed by atoms with Crippen molar-refractivity contribution in [2.24, 2.45) is 0 Å². The Balaban J connectivity index is 2.31. The number of rotatable bonds is 10. The van der Waals surface area contributed by atoms with Crippen LogP contribution in [0.1, 0.15) is 46.1 Å². The first kappa shape index (κ1) is 17.0. The summed E-state index contributed by atoms with van der Waals surface area (Å²) in [6, 6.07) is 8.24. The SMILES string of the molecule is CCCNCc1cccc(OCCOC(C)(C)CC)c1. The van der Waals surface area contributed by atoms with E-state index in [9.17, 15) is 0 Å². The molecule has 1 rings (SSSR count). The molecule has 0 spiro atoms. The van der Waals surface area contributed by atoms with E-state index >= 15 is 0 Å². The Hall–Kier alpha value is -1.06. The van der Waals surface area contributed by atoms with E-state index in [1.807, 2.05) is 12.1 Å². The van der Waals surface area contributed by atoms with Crippen molar-refractivity contribution in [3.05, 3.63) is 29.8 Å². The summed E-state index contributed by atoms with van der Waals surface area (Å²) >= 11 is 0. The van der Waals surface area contributed by atoms with Crippen molar-refractivity contribution in [1.29, 1.82) is 0 Å². The van der Waals surface area contributed by atoms with Crippen LogP contribution in [0.15, 0.2) is 24.3 Å². The summed E-state index contributed by atoms with van der Waals surface area (Å²) in [7, 11) is 0. The predicted octanol–water partition coefficient (Wildman–Crippen LogP) is 3.77. The first-order valence-electron chi connectivity index (χ1n) is 7.64. The van der Waals surface area contributed by atoms with Gasteiger partial charge in [-0.2, -0.15) is 0 Å². The molecule has 1 aromatic rings. The van der Waals surface area contributed by atoms with Gasteiger partial charge in [-0.05, 0) is 50.9 Å². The molecule has 0 fully saturated rings. The lowest BCUT2D eigenvalue weighted by Crippen LogP contribution is -2.25. The standard InChI is InChI=1S/C17H29NO2/c1-5-10-18-14-15-8-7-9-16(13-15)19-11-12-20-17(3,4)6-2/h7-9,13,18H,5-6,10-12,14H2,1-4H3. The minimum absolute atomic E-state index is 0.0602. The summed E-state index contributed by atoms with van der Waals surface area (Å²) < 4.78 is 11.5. The van der Waals surface area contributed by atoms with Crippen LogP contribution in [0.4, 0.5) is 0 Å². The third-order valence-electron chi connectivity index (χ3n) is 3.35. The van der Waals surface area contributed by atoms with Crippen LogP contribution < -0.4 is 10.1 Å². The highest BCUT2D eigenvalue weighted by Gasteiger charge is 2.14. The van der Waals surface area contributed by atoms with E-state index in [1.54, 1.807) is 0 Å². The Kier molecular flexibility index (Phi) is 7.63. The van der Waals surface area contributed by atoms with Gasteiger partial charge in [-0.15, -0.1) is 0 Å². The van der Waals surface area contributed by atoms with E-state index in [4.69, 9.17) is 9.47 Å². The summed E-state index contributed by atoms with van der Waals surface area (Å²) in [5, 5.41) is 3.39. The van der Waals surface area contributed by atoms with Crippen LogP contribution in [0, 0.1) is 0 Å². The molecule has 0 saturated heterocycles. The van der Waals surface area contributed by atoms with E-state index in [-0.39, 0.29) is 5.60 Å². The van der Waals surface area contributed by atoms with E-state index < -0.39 is 0 Å². The molecular weight excluding hydrogens is 250 g/mol. The molecule has 0 saturated carbocycles. The van der Waals surface area contributed by atoms with Crippen molar-refractivity contribution in [1.82, 2.24) is 5.32 Å². The molecular formula is C17H29NO2. The normalized spacial score (nSPS) is 11.6. The van der Waals surface area contributed by atoms with Gasteiger partial charge >= 0.3 is 0 Å². The van der Waals surface area contributed by atoms with Gasteiger partial charge in [0.05, 0.1) is 12.2 Å². The summed E-state index contributed by atoms with van der Waals surface area (Å²) in [5.74, 6) is 0.915. The molecule has 0 amide bonds. The number of hydrogen-bond donors (Lipinski definition) is 1. The van der Waals surface area contributed by atoms with Gasteiger partial charge in [0.1, 0.15) is 12.4 Å². The average Bonchev–Trinajstić information content (AvgIpc) is 2.45. The summed E-state index contributed by atoms with van der Waals surface area (Å²) in [4.78, 5) is 0. The molecule has 0 aliphatic rings. The lowest BCUT2D eigenvalue weighted by Gasteiger charge is -2.23. The maximum Gasteiger partial charge on any atom is 0.119 e. The van der Waals surface area contributed by atoms with Crippen LogP contribution >= 0.6 is 0 Å². The maximum atomic E-state index is 5.77. The van der Waals surface area contributed by atoms with E-state index in [1.165, 1.54) is 5.56 Å². The van der Waals surface area contributed by atoms with E-state index in [0.717, 1.165) is 31.7 Å². The largest absolute Gasteiger partial charge is 0.491 e. The Morgan fingerprint density at radius 3 is 2.65 bits per heavy atom. The Morgan fingerprint density at radius 1 is 1.15 bits per heavy atom. The topological polar surface area (TPSA) is 30.5 Å². The lowest BCUT2D eigenvalue weighted by molar-refractivity contribution is -0.0317. The van der Waals surface area contributed by atoms with Crippen LogP contribution in [-0.4, -0.2) is 25.4 Å². The fourth-order valence-electron chi connectivity index (χ4n) is 1.73. The molecule has 20 heavy (non-hydrogen) atoms. The molecule has 0 unspecified atom stereocenters. The van der Waals surface area contributed by atoms with Gasteiger partial charge in [-0.3, -0.25) is 0 Å². The Morgan fingerprint density at radius 2 is 1.95 bits per heavy atom. The van der Waals surface area contributed by atoms with Crippen LogP contribution in [0.3, 0.4) is 0 Å². The second kappa shape index (κ2) is 8.98. The maximum absolute atomic E-state index is 5.77. The third kappa shape index (κ3) is 6.92. The number of ether oxygens (including phenoxy) is 2.